The number of aromatic nitrogens is 1. The van der Waals surface area contributed by atoms with Crippen molar-refractivity contribution in [1.29, 1.82) is 0 Å². The molecule has 0 aliphatic carbocycles. The van der Waals surface area contributed by atoms with Crippen LogP contribution in [-0.4, -0.2) is 23.3 Å². The van der Waals surface area contributed by atoms with Crippen LogP contribution in [0.25, 0.3) is 10.2 Å². The van der Waals surface area contributed by atoms with E-state index in [2.05, 4.69) is 20.9 Å². The molecule has 0 saturated carbocycles. The van der Waals surface area contributed by atoms with Crippen LogP contribution in [-0.2, 0) is 9.59 Å². The summed E-state index contributed by atoms with van der Waals surface area (Å²) in [5.74, 6) is -0.907. The Morgan fingerprint density at radius 3 is 3.00 bits per heavy atom. The fourth-order valence-electron chi connectivity index (χ4n) is 2.22. The lowest BCUT2D eigenvalue weighted by Crippen LogP contribution is -2.28. The zero-order valence-corrected chi connectivity index (χ0v) is 12.2. The maximum atomic E-state index is 12.0. The summed E-state index contributed by atoms with van der Waals surface area (Å²) >= 11 is 5.02. The minimum Gasteiger partial charge on any atom is -0.369 e. The number of nitrogens with two attached hydrogens (primary N) is 1. The first-order valence-corrected chi connectivity index (χ1v) is 7.36. The molecule has 2 N–H and O–H groups in total. The van der Waals surface area contributed by atoms with E-state index in [0.717, 1.165) is 20.4 Å². The monoisotopic (exact) mass is 339 g/mol. The highest BCUT2D eigenvalue weighted by atomic mass is 79.9. The molecule has 5 nitrogen and oxygen atoms in total. The number of amides is 2. The normalized spacial score (nSPS) is 19.3. The standard InChI is InChI=1S/C12H10BrN3O2S/c13-10-8(2-1-7-11(10)19-5-15-7)16-4-6(12(14)18)3-9(16)17/h1-2,5-6H,3-4H2,(H2,14,18). The quantitative estimate of drug-likeness (QED) is 0.907. The van der Waals surface area contributed by atoms with Gasteiger partial charge in [-0.2, -0.15) is 0 Å². The summed E-state index contributed by atoms with van der Waals surface area (Å²) < 4.78 is 1.83. The van der Waals surface area contributed by atoms with Crippen LogP contribution in [0.2, 0.25) is 0 Å². The van der Waals surface area contributed by atoms with Gasteiger partial charge in [0.2, 0.25) is 11.8 Å². The van der Waals surface area contributed by atoms with Crippen molar-refractivity contribution in [1.82, 2.24) is 4.98 Å². The molecule has 0 radical (unpaired) electrons. The molecular formula is C12H10BrN3O2S. The summed E-state index contributed by atoms with van der Waals surface area (Å²) in [5, 5.41) is 0. The molecular weight excluding hydrogens is 330 g/mol. The van der Waals surface area contributed by atoms with Crippen LogP contribution < -0.4 is 10.6 Å². The van der Waals surface area contributed by atoms with Gasteiger partial charge in [0.25, 0.3) is 0 Å². The molecule has 1 aromatic heterocycles. The number of anilines is 1. The van der Waals surface area contributed by atoms with E-state index in [9.17, 15) is 9.59 Å². The third-order valence-corrected chi connectivity index (χ3v) is 5.16. The summed E-state index contributed by atoms with van der Waals surface area (Å²) in [6, 6.07) is 3.71. The molecule has 98 valence electrons. The lowest BCUT2D eigenvalue weighted by molar-refractivity contribution is -0.123. The van der Waals surface area contributed by atoms with Crippen LogP contribution in [0.5, 0.6) is 0 Å². The average molecular weight is 340 g/mol. The van der Waals surface area contributed by atoms with Crippen LogP contribution in [0, 0.1) is 5.92 Å². The highest BCUT2D eigenvalue weighted by Crippen LogP contribution is 2.38. The molecule has 2 aromatic rings. The van der Waals surface area contributed by atoms with E-state index in [0.29, 0.717) is 6.54 Å². The lowest BCUT2D eigenvalue weighted by atomic mass is 10.1. The van der Waals surface area contributed by atoms with E-state index in [4.69, 9.17) is 5.73 Å². The number of primary amides is 1. The van der Waals surface area contributed by atoms with Gasteiger partial charge in [-0.05, 0) is 28.1 Å². The first kappa shape index (κ1) is 12.6. The molecule has 1 fully saturated rings. The number of hydrogen-bond acceptors (Lipinski definition) is 4. The van der Waals surface area contributed by atoms with Gasteiger partial charge in [-0.1, -0.05) is 0 Å². The molecule has 1 aromatic carbocycles. The van der Waals surface area contributed by atoms with E-state index in [-0.39, 0.29) is 12.3 Å². The topological polar surface area (TPSA) is 76.3 Å². The van der Waals surface area contributed by atoms with Gasteiger partial charge in [0.05, 0.1) is 31.8 Å². The largest absolute Gasteiger partial charge is 0.369 e. The van der Waals surface area contributed by atoms with E-state index < -0.39 is 11.8 Å². The van der Waals surface area contributed by atoms with E-state index in [1.807, 2.05) is 12.1 Å². The number of carbonyl (C=O) groups excluding carboxylic acids is 2. The predicted molar refractivity (Wildman–Crippen MR) is 77.0 cm³/mol. The molecule has 0 bridgehead atoms. The van der Waals surface area contributed by atoms with Gasteiger partial charge < -0.3 is 10.6 Å². The first-order valence-electron chi connectivity index (χ1n) is 5.69. The van der Waals surface area contributed by atoms with Gasteiger partial charge in [-0.25, -0.2) is 4.98 Å². The molecule has 7 heteroatoms. The van der Waals surface area contributed by atoms with Crippen molar-refractivity contribution < 1.29 is 9.59 Å². The Bertz CT molecular complexity index is 685. The molecule has 2 heterocycles. The van der Waals surface area contributed by atoms with Crippen molar-refractivity contribution in [2.75, 3.05) is 11.4 Å². The number of carbonyl (C=O) groups is 2. The SMILES string of the molecule is NC(=O)C1CC(=O)N(c2ccc3ncsc3c2Br)C1. The molecule has 1 aliphatic rings. The Morgan fingerprint density at radius 1 is 1.53 bits per heavy atom. The van der Waals surface area contributed by atoms with E-state index in [1.54, 1.807) is 10.4 Å². The molecule has 1 unspecified atom stereocenters. The number of thiazole rings is 1. The average Bonchev–Trinajstić information content (AvgIpc) is 2.97. The van der Waals surface area contributed by atoms with Crippen LogP contribution in [0.15, 0.2) is 22.1 Å². The van der Waals surface area contributed by atoms with Gasteiger partial charge in [0.1, 0.15) is 0 Å². The third-order valence-electron chi connectivity index (χ3n) is 3.24. The van der Waals surface area contributed by atoms with Gasteiger partial charge in [-0.3, -0.25) is 9.59 Å². The van der Waals surface area contributed by atoms with Crippen molar-refractivity contribution in [2.24, 2.45) is 11.7 Å². The number of benzene rings is 1. The minimum absolute atomic E-state index is 0.0756. The highest BCUT2D eigenvalue weighted by molar-refractivity contribution is 9.10. The number of hydrogen-bond donors (Lipinski definition) is 1. The van der Waals surface area contributed by atoms with Gasteiger partial charge in [-0.15, -0.1) is 11.3 Å². The van der Waals surface area contributed by atoms with Gasteiger partial charge in [0.15, 0.2) is 0 Å². The molecule has 2 amide bonds. The van der Waals surface area contributed by atoms with Crippen LogP contribution in [0.1, 0.15) is 6.42 Å². The van der Waals surface area contributed by atoms with Crippen molar-refractivity contribution in [3.63, 3.8) is 0 Å². The third kappa shape index (κ3) is 2.02. The van der Waals surface area contributed by atoms with Crippen LogP contribution >= 0.6 is 27.3 Å². The van der Waals surface area contributed by atoms with Gasteiger partial charge >= 0.3 is 0 Å². The van der Waals surface area contributed by atoms with E-state index >= 15 is 0 Å². The molecule has 1 saturated heterocycles. The Kier molecular flexibility index (Phi) is 3.02. The van der Waals surface area contributed by atoms with Crippen LogP contribution in [0.3, 0.4) is 0 Å². The highest BCUT2D eigenvalue weighted by Gasteiger charge is 2.35. The zero-order chi connectivity index (χ0) is 13.6. The minimum atomic E-state index is -0.425. The Hall–Kier alpha value is -1.47. The van der Waals surface area contributed by atoms with Crippen LogP contribution in [0.4, 0.5) is 5.69 Å². The molecule has 19 heavy (non-hydrogen) atoms. The summed E-state index contributed by atoms with van der Waals surface area (Å²) in [6.07, 6.45) is 0.183. The second-order valence-corrected chi connectivity index (χ2v) is 6.05. The summed E-state index contributed by atoms with van der Waals surface area (Å²) in [5.41, 5.74) is 8.69. The number of nitrogens with zero attached hydrogens (tertiary/aromatic N) is 2. The second-order valence-electron chi connectivity index (χ2n) is 4.41. The summed E-state index contributed by atoms with van der Waals surface area (Å²) in [6.45, 7) is 0.344. The number of rotatable bonds is 2. The Labute approximate surface area is 121 Å². The summed E-state index contributed by atoms with van der Waals surface area (Å²) in [4.78, 5) is 29.0. The van der Waals surface area contributed by atoms with E-state index in [1.165, 1.54) is 11.3 Å². The smallest absolute Gasteiger partial charge is 0.227 e. The second kappa shape index (κ2) is 4.57. The van der Waals surface area contributed by atoms with Gasteiger partial charge in [0, 0.05) is 13.0 Å². The predicted octanol–water partition coefficient (Wildman–Crippen LogP) is 1.90. The van der Waals surface area contributed by atoms with Crippen molar-refractivity contribution >= 4 is 55.0 Å². The van der Waals surface area contributed by atoms with Crippen molar-refractivity contribution in [3.05, 3.63) is 22.1 Å². The van der Waals surface area contributed by atoms with Crippen molar-refractivity contribution in [2.45, 2.75) is 6.42 Å². The molecule has 0 spiro atoms. The Morgan fingerprint density at radius 2 is 2.32 bits per heavy atom. The lowest BCUT2D eigenvalue weighted by Gasteiger charge is -2.18. The maximum absolute atomic E-state index is 12.0. The fourth-order valence-corrected chi connectivity index (χ4v) is 3.78. The fraction of sp³-hybridized carbons (Fsp3) is 0.250. The molecule has 1 atom stereocenters. The summed E-state index contributed by atoms with van der Waals surface area (Å²) in [7, 11) is 0. The molecule has 1 aliphatic heterocycles. The maximum Gasteiger partial charge on any atom is 0.227 e. The number of halogens is 1. The zero-order valence-electron chi connectivity index (χ0n) is 9.80. The Balaban J connectivity index is 2.02. The first-order chi connectivity index (χ1) is 9.08. The number of fused-ring (bicyclic) bond motifs is 1. The molecule has 3 rings (SSSR count). The van der Waals surface area contributed by atoms with Crippen molar-refractivity contribution in [3.8, 4) is 0 Å².